The zero-order valence-corrected chi connectivity index (χ0v) is 16.0. The lowest BCUT2D eigenvalue weighted by molar-refractivity contribution is 0.414. The van der Waals surface area contributed by atoms with Gasteiger partial charge in [0.05, 0.1) is 12.0 Å². The summed E-state index contributed by atoms with van der Waals surface area (Å²) in [6, 6.07) is 19.0. The molecule has 0 aliphatic carbocycles. The van der Waals surface area contributed by atoms with E-state index in [1.165, 1.54) is 0 Å². The maximum Gasteiger partial charge on any atom is 0.228 e. The number of hydrogen-bond donors (Lipinski definition) is 0. The number of thiophene rings is 1. The van der Waals surface area contributed by atoms with Gasteiger partial charge >= 0.3 is 0 Å². The molecule has 0 atom stereocenters. The summed E-state index contributed by atoms with van der Waals surface area (Å²) in [5, 5.41) is 2.66. The monoisotopic (exact) mass is 391 g/mol. The maximum absolute atomic E-state index is 6.02. The molecule has 4 rings (SSSR count). The van der Waals surface area contributed by atoms with Gasteiger partial charge in [0.25, 0.3) is 0 Å². The van der Waals surface area contributed by atoms with E-state index < -0.39 is 0 Å². The van der Waals surface area contributed by atoms with Crippen LogP contribution in [0.4, 0.5) is 0 Å². The summed E-state index contributed by atoms with van der Waals surface area (Å²) in [6.07, 6.45) is 0. The van der Waals surface area contributed by atoms with Crippen LogP contribution in [0, 0.1) is 11.8 Å². The molecule has 0 unspecified atom stereocenters. The number of ether oxygens (including phenoxy) is 1. The number of nitrogens with zero attached hydrogens (tertiary/aromatic N) is 1. The summed E-state index contributed by atoms with van der Waals surface area (Å²) in [5.41, 5.74) is 2.41. The lowest BCUT2D eigenvalue weighted by atomic mass is 10.1. The van der Waals surface area contributed by atoms with Gasteiger partial charge in [-0.05, 0) is 53.6 Å². The van der Waals surface area contributed by atoms with Gasteiger partial charge in [0.2, 0.25) is 11.7 Å². The van der Waals surface area contributed by atoms with Crippen LogP contribution in [0.3, 0.4) is 0 Å². The molecule has 0 radical (unpaired) electrons. The molecule has 0 saturated carbocycles. The van der Waals surface area contributed by atoms with Crippen molar-refractivity contribution in [1.29, 1.82) is 0 Å². The Hall–Kier alpha value is -3.00. The van der Waals surface area contributed by atoms with Crippen LogP contribution in [0.1, 0.15) is 10.6 Å². The van der Waals surface area contributed by atoms with Gasteiger partial charge in [-0.15, -0.1) is 11.3 Å². The second-order valence-corrected chi connectivity index (χ2v) is 7.05. The first-order valence-electron chi connectivity index (χ1n) is 8.19. The number of benzene rings is 2. The molecule has 3 nitrogen and oxygen atoms in total. The first kappa shape index (κ1) is 17.4. The molecule has 0 bridgehead atoms. The molecular weight excluding hydrogens is 378 g/mol. The van der Waals surface area contributed by atoms with Gasteiger partial charge < -0.3 is 9.15 Å². The molecule has 2 aromatic carbocycles. The highest BCUT2D eigenvalue weighted by Crippen LogP contribution is 2.31. The molecule has 0 saturated heterocycles. The van der Waals surface area contributed by atoms with E-state index in [1.54, 1.807) is 18.4 Å². The predicted molar refractivity (Wildman–Crippen MR) is 109 cm³/mol. The second kappa shape index (κ2) is 7.71. The number of methoxy groups -OCH3 is 1. The van der Waals surface area contributed by atoms with Gasteiger partial charge in [-0.1, -0.05) is 35.9 Å². The zero-order chi connectivity index (χ0) is 18.6. The van der Waals surface area contributed by atoms with Crippen molar-refractivity contribution in [2.75, 3.05) is 7.11 Å². The van der Waals surface area contributed by atoms with Crippen LogP contribution in [-0.4, -0.2) is 12.1 Å². The average molecular weight is 392 g/mol. The zero-order valence-electron chi connectivity index (χ0n) is 14.4. The third-order valence-electron chi connectivity index (χ3n) is 3.88. The van der Waals surface area contributed by atoms with Crippen LogP contribution in [0.5, 0.6) is 5.75 Å². The molecular formula is C22H14ClNO2S. The highest BCUT2D eigenvalue weighted by molar-refractivity contribution is 7.10. The third-order valence-corrected chi connectivity index (χ3v) is 4.92. The lowest BCUT2D eigenvalue weighted by Gasteiger charge is -2.00. The van der Waals surface area contributed by atoms with E-state index in [2.05, 4.69) is 11.8 Å². The van der Waals surface area contributed by atoms with Crippen LogP contribution < -0.4 is 4.74 Å². The summed E-state index contributed by atoms with van der Waals surface area (Å²) in [5.74, 6) is 8.00. The van der Waals surface area contributed by atoms with Gasteiger partial charge in [0.15, 0.2) is 0 Å². The molecule has 0 amide bonds. The fourth-order valence-corrected chi connectivity index (χ4v) is 3.25. The Morgan fingerprint density at radius 1 is 1.00 bits per heavy atom. The van der Waals surface area contributed by atoms with Crippen molar-refractivity contribution in [2.24, 2.45) is 0 Å². The fourth-order valence-electron chi connectivity index (χ4n) is 2.56. The first-order chi connectivity index (χ1) is 13.2. The Bertz CT molecular complexity index is 1120. The number of rotatable bonds is 3. The second-order valence-electron chi connectivity index (χ2n) is 5.66. The largest absolute Gasteiger partial charge is 0.497 e. The molecule has 2 aromatic heterocycles. The van der Waals surface area contributed by atoms with E-state index in [0.717, 1.165) is 21.8 Å². The van der Waals surface area contributed by atoms with Crippen molar-refractivity contribution >= 4 is 22.9 Å². The van der Waals surface area contributed by atoms with E-state index in [0.29, 0.717) is 22.4 Å². The minimum atomic E-state index is 0.495. The highest BCUT2D eigenvalue weighted by atomic mass is 35.5. The van der Waals surface area contributed by atoms with E-state index in [4.69, 9.17) is 25.7 Å². The summed E-state index contributed by atoms with van der Waals surface area (Å²) >= 11 is 7.60. The summed E-state index contributed by atoms with van der Waals surface area (Å²) in [6.45, 7) is 0. The number of halogens is 1. The van der Waals surface area contributed by atoms with Crippen LogP contribution in [0.2, 0.25) is 5.02 Å². The topological polar surface area (TPSA) is 35.3 Å². The molecule has 5 heteroatoms. The molecule has 0 N–H and O–H groups in total. The summed E-state index contributed by atoms with van der Waals surface area (Å²) < 4.78 is 11.3. The van der Waals surface area contributed by atoms with Gasteiger partial charge in [-0.2, -0.15) is 0 Å². The van der Waals surface area contributed by atoms with Crippen LogP contribution in [0.25, 0.3) is 22.7 Å². The van der Waals surface area contributed by atoms with E-state index in [1.807, 2.05) is 66.0 Å². The molecule has 0 aliphatic rings. The number of hydrogen-bond acceptors (Lipinski definition) is 4. The molecule has 27 heavy (non-hydrogen) atoms. The van der Waals surface area contributed by atoms with Crippen LogP contribution in [-0.2, 0) is 0 Å². The molecule has 0 fully saturated rings. The predicted octanol–water partition coefficient (Wildman–Crippen LogP) is 6.13. The quantitative estimate of drug-likeness (QED) is 0.394. The van der Waals surface area contributed by atoms with Gasteiger partial charge in [-0.25, -0.2) is 4.98 Å². The highest BCUT2D eigenvalue weighted by Gasteiger charge is 2.15. The van der Waals surface area contributed by atoms with Crippen molar-refractivity contribution in [1.82, 2.24) is 4.98 Å². The molecule has 0 aliphatic heterocycles. The Balaban J connectivity index is 1.82. The van der Waals surface area contributed by atoms with Gasteiger partial charge in [0.1, 0.15) is 11.4 Å². The van der Waals surface area contributed by atoms with E-state index >= 15 is 0 Å². The average Bonchev–Trinajstić information content (AvgIpc) is 3.37. The van der Waals surface area contributed by atoms with Crippen molar-refractivity contribution < 1.29 is 9.15 Å². The maximum atomic E-state index is 6.02. The SMILES string of the molecule is COc1cccc(-c2nc(-c3ccc(Cl)cc3)c(C#Cc3cccs3)o2)c1. The molecule has 0 spiro atoms. The van der Waals surface area contributed by atoms with E-state index in [-0.39, 0.29) is 0 Å². The Morgan fingerprint density at radius 3 is 2.59 bits per heavy atom. The molecule has 2 heterocycles. The first-order valence-corrected chi connectivity index (χ1v) is 9.45. The van der Waals surface area contributed by atoms with Crippen LogP contribution in [0.15, 0.2) is 70.5 Å². The smallest absolute Gasteiger partial charge is 0.228 e. The Kier molecular flexibility index (Phi) is 4.97. The number of aromatic nitrogens is 1. The van der Waals surface area contributed by atoms with Crippen molar-refractivity contribution in [2.45, 2.75) is 0 Å². The number of oxazole rings is 1. The minimum absolute atomic E-state index is 0.495. The van der Waals surface area contributed by atoms with Crippen molar-refractivity contribution in [3.05, 3.63) is 81.7 Å². The summed E-state index contributed by atoms with van der Waals surface area (Å²) in [7, 11) is 1.63. The fraction of sp³-hybridized carbons (Fsp3) is 0.0455. The lowest BCUT2D eigenvalue weighted by Crippen LogP contribution is -1.84. The standard InChI is InChI=1S/C22H14ClNO2S/c1-25-18-5-2-4-16(14-18)22-24-21(15-7-9-17(23)10-8-15)20(26-22)12-11-19-6-3-13-27-19/h2-10,13-14H,1H3. The van der Waals surface area contributed by atoms with Crippen molar-refractivity contribution in [3.63, 3.8) is 0 Å². The van der Waals surface area contributed by atoms with Crippen LogP contribution >= 0.6 is 22.9 Å². The van der Waals surface area contributed by atoms with Gasteiger partial charge in [0, 0.05) is 16.1 Å². The third kappa shape index (κ3) is 3.90. The normalized spacial score (nSPS) is 10.3. The van der Waals surface area contributed by atoms with Gasteiger partial charge in [-0.3, -0.25) is 0 Å². The van der Waals surface area contributed by atoms with E-state index in [9.17, 15) is 0 Å². The molecule has 4 aromatic rings. The Morgan fingerprint density at radius 2 is 1.85 bits per heavy atom. The minimum Gasteiger partial charge on any atom is -0.497 e. The Labute approximate surface area is 166 Å². The van der Waals surface area contributed by atoms with Crippen molar-refractivity contribution in [3.8, 4) is 40.3 Å². The summed E-state index contributed by atoms with van der Waals surface area (Å²) in [4.78, 5) is 5.66. The molecule has 132 valence electrons.